The fraction of sp³-hybridized carbons (Fsp3) is 0.462. The first kappa shape index (κ1) is 28.7. The molecule has 12 nitrogen and oxygen atoms in total. The Morgan fingerprint density at radius 2 is 1.13 bits per heavy atom. The molecule has 0 aliphatic heterocycles. The number of pyridine rings is 2. The van der Waals surface area contributed by atoms with Gasteiger partial charge in [0.05, 0.1) is 10.8 Å². The van der Waals surface area contributed by atoms with E-state index >= 15 is 0 Å². The van der Waals surface area contributed by atoms with E-state index in [1.54, 1.807) is 44.9 Å². The first-order valence-corrected chi connectivity index (χ1v) is 12.4. The number of rotatable bonds is 8. The third-order valence-electron chi connectivity index (χ3n) is 5.75. The molecule has 12 heteroatoms. The SMILES string of the molecule is CC(CN(C)C)Nc1nn(C)c(=O)c2ccncc12.CC(CN(C)C)Nc1nn(C)c(=O)c2cnccc12. The number of aryl methyl sites for hydroxylation is 2. The molecule has 204 valence electrons. The summed E-state index contributed by atoms with van der Waals surface area (Å²) in [5.74, 6) is 1.41. The van der Waals surface area contributed by atoms with E-state index in [1.807, 2.05) is 34.3 Å². The average molecular weight is 523 g/mol. The largest absolute Gasteiger partial charge is 0.364 e. The Morgan fingerprint density at radius 1 is 0.711 bits per heavy atom. The van der Waals surface area contributed by atoms with E-state index < -0.39 is 0 Å². The van der Waals surface area contributed by atoms with Gasteiger partial charge in [-0.25, -0.2) is 9.36 Å². The van der Waals surface area contributed by atoms with Crippen molar-refractivity contribution in [3.05, 3.63) is 57.6 Å². The fourth-order valence-corrected chi connectivity index (χ4v) is 4.25. The Kier molecular flexibility index (Phi) is 9.48. The van der Waals surface area contributed by atoms with Crippen molar-refractivity contribution in [2.24, 2.45) is 14.1 Å². The van der Waals surface area contributed by atoms with Gasteiger partial charge < -0.3 is 20.4 Å². The van der Waals surface area contributed by atoms with Gasteiger partial charge in [0.1, 0.15) is 0 Å². The van der Waals surface area contributed by atoms with E-state index in [9.17, 15) is 9.59 Å². The lowest BCUT2D eigenvalue weighted by atomic mass is 10.2. The summed E-state index contributed by atoms with van der Waals surface area (Å²) in [5.41, 5.74) is -0.239. The molecule has 2 atom stereocenters. The van der Waals surface area contributed by atoms with Crippen LogP contribution in [-0.4, -0.2) is 92.7 Å². The molecule has 0 spiro atoms. The minimum absolute atomic E-state index is 0.108. The van der Waals surface area contributed by atoms with Gasteiger partial charge in [-0.05, 0) is 54.2 Å². The predicted molar refractivity (Wildman–Crippen MR) is 153 cm³/mol. The van der Waals surface area contributed by atoms with Crippen molar-refractivity contribution in [2.45, 2.75) is 25.9 Å². The molecule has 0 radical (unpaired) electrons. The second-order valence-electron chi connectivity index (χ2n) is 10.0. The summed E-state index contributed by atoms with van der Waals surface area (Å²) in [4.78, 5) is 36.2. The lowest BCUT2D eigenvalue weighted by Crippen LogP contribution is -2.31. The van der Waals surface area contributed by atoms with Crippen LogP contribution >= 0.6 is 0 Å². The predicted octanol–water partition coefficient (Wildman–Crippen LogP) is 1.38. The highest BCUT2D eigenvalue weighted by molar-refractivity contribution is 5.90. The zero-order chi connectivity index (χ0) is 28.0. The highest BCUT2D eigenvalue weighted by Gasteiger charge is 2.13. The molecule has 0 aromatic carbocycles. The van der Waals surface area contributed by atoms with Crippen LogP contribution in [0, 0.1) is 0 Å². The summed E-state index contributed by atoms with van der Waals surface area (Å²) in [5, 5.41) is 18.0. The maximum Gasteiger partial charge on any atom is 0.276 e. The third kappa shape index (κ3) is 7.11. The molecule has 4 rings (SSSR count). The van der Waals surface area contributed by atoms with Crippen molar-refractivity contribution in [2.75, 3.05) is 51.9 Å². The summed E-state index contributed by atoms with van der Waals surface area (Å²) in [6.45, 7) is 5.93. The zero-order valence-electron chi connectivity index (χ0n) is 23.4. The monoisotopic (exact) mass is 522 g/mol. The van der Waals surface area contributed by atoms with Crippen LogP contribution in [0.5, 0.6) is 0 Å². The van der Waals surface area contributed by atoms with Gasteiger partial charge in [0.25, 0.3) is 11.1 Å². The average Bonchev–Trinajstić information content (AvgIpc) is 2.85. The van der Waals surface area contributed by atoms with Gasteiger partial charge in [-0.3, -0.25) is 19.6 Å². The number of hydrogen-bond acceptors (Lipinski definition) is 10. The first-order chi connectivity index (χ1) is 18.0. The Balaban J connectivity index is 0.000000211. The molecule has 4 aromatic heterocycles. The van der Waals surface area contributed by atoms with Crippen LogP contribution in [0.3, 0.4) is 0 Å². The topological polar surface area (TPSA) is 126 Å². The molecule has 0 aliphatic carbocycles. The van der Waals surface area contributed by atoms with E-state index in [1.165, 1.54) is 9.36 Å². The molecular weight excluding hydrogens is 484 g/mol. The van der Waals surface area contributed by atoms with Gasteiger partial charge in [-0.1, -0.05) is 0 Å². The molecule has 0 aliphatic rings. The van der Waals surface area contributed by atoms with Gasteiger partial charge in [0.2, 0.25) is 0 Å². The van der Waals surface area contributed by atoms with Gasteiger partial charge in [-0.15, -0.1) is 0 Å². The Hall–Kier alpha value is -3.90. The number of hydrogen-bond donors (Lipinski definition) is 2. The van der Waals surface area contributed by atoms with Gasteiger partial charge in [0.15, 0.2) is 11.6 Å². The lowest BCUT2D eigenvalue weighted by molar-refractivity contribution is 0.391. The lowest BCUT2D eigenvalue weighted by Gasteiger charge is -2.19. The molecule has 0 saturated heterocycles. The van der Waals surface area contributed by atoms with Crippen LogP contribution in [0.4, 0.5) is 11.6 Å². The summed E-state index contributed by atoms with van der Waals surface area (Å²) in [7, 11) is 11.4. The number of likely N-dealkylation sites (N-methyl/N-ethyl adjacent to an activating group) is 2. The molecule has 38 heavy (non-hydrogen) atoms. The van der Waals surface area contributed by atoms with Crippen LogP contribution in [0.15, 0.2) is 46.5 Å². The van der Waals surface area contributed by atoms with Crippen LogP contribution in [0.25, 0.3) is 21.5 Å². The summed E-state index contributed by atoms with van der Waals surface area (Å²) in [6, 6.07) is 4.00. The molecule has 2 N–H and O–H groups in total. The molecule has 4 aromatic rings. The Labute approximate surface area is 222 Å². The Morgan fingerprint density at radius 3 is 1.63 bits per heavy atom. The van der Waals surface area contributed by atoms with Gasteiger partial charge in [-0.2, -0.15) is 10.2 Å². The molecule has 0 saturated carbocycles. The molecule has 2 unspecified atom stereocenters. The number of anilines is 2. The molecule has 0 amide bonds. The molecule has 4 heterocycles. The minimum atomic E-state index is -0.131. The Bertz CT molecular complexity index is 1380. The number of fused-ring (bicyclic) bond motifs is 2. The minimum Gasteiger partial charge on any atom is -0.364 e. The van der Waals surface area contributed by atoms with Crippen molar-refractivity contribution in [1.29, 1.82) is 0 Å². The molecular formula is C26H38N10O2. The number of nitrogens with one attached hydrogen (secondary N) is 2. The van der Waals surface area contributed by atoms with Gasteiger partial charge in [0, 0.05) is 74.8 Å². The van der Waals surface area contributed by atoms with Crippen molar-refractivity contribution in [1.82, 2.24) is 39.3 Å². The first-order valence-electron chi connectivity index (χ1n) is 12.4. The second kappa shape index (κ2) is 12.6. The molecule has 0 fully saturated rings. The van der Waals surface area contributed by atoms with Crippen LogP contribution in [0.1, 0.15) is 13.8 Å². The van der Waals surface area contributed by atoms with E-state index in [4.69, 9.17) is 0 Å². The maximum absolute atomic E-state index is 12.0. The standard InChI is InChI=1S/2C13H19N5O/c1-9(8-17(2)3)15-12-11-7-14-6-5-10(11)13(19)18(4)16-12;1-9(8-17(2)3)15-12-10-5-6-14-7-11(10)13(19)18(4)16-12/h2*5-7,9H,8H2,1-4H3,(H,15,16). The maximum atomic E-state index is 12.0. The van der Waals surface area contributed by atoms with E-state index in [2.05, 4.69) is 54.4 Å². The van der Waals surface area contributed by atoms with Crippen LogP contribution < -0.4 is 21.8 Å². The number of aromatic nitrogens is 6. The van der Waals surface area contributed by atoms with Crippen molar-refractivity contribution < 1.29 is 0 Å². The highest BCUT2D eigenvalue weighted by Crippen LogP contribution is 2.18. The fourth-order valence-electron chi connectivity index (χ4n) is 4.25. The van der Waals surface area contributed by atoms with Crippen molar-refractivity contribution >= 4 is 33.2 Å². The van der Waals surface area contributed by atoms with Crippen LogP contribution in [-0.2, 0) is 14.1 Å². The normalized spacial score (nSPS) is 12.9. The molecule has 0 bridgehead atoms. The van der Waals surface area contributed by atoms with E-state index in [0.29, 0.717) is 22.4 Å². The quantitative estimate of drug-likeness (QED) is 0.350. The second-order valence-corrected chi connectivity index (χ2v) is 10.0. The van der Waals surface area contributed by atoms with Crippen molar-refractivity contribution in [3.63, 3.8) is 0 Å². The van der Waals surface area contributed by atoms with Crippen molar-refractivity contribution in [3.8, 4) is 0 Å². The smallest absolute Gasteiger partial charge is 0.276 e. The summed E-state index contributed by atoms with van der Waals surface area (Å²) in [6.07, 6.45) is 6.55. The van der Waals surface area contributed by atoms with Gasteiger partial charge >= 0.3 is 0 Å². The zero-order valence-corrected chi connectivity index (χ0v) is 23.4. The third-order valence-corrected chi connectivity index (χ3v) is 5.75. The van der Waals surface area contributed by atoms with E-state index in [-0.39, 0.29) is 23.2 Å². The van der Waals surface area contributed by atoms with E-state index in [0.717, 1.165) is 23.9 Å². The summed E-state index contributed by atoms with van der Waals surface area (Å²) < 4.78 is 2.70. The number of nitrogens with zero attached hydrogens (tertiary/aromatic N) is 8. The van der Waals surface area contributed by atoms with Crippen LogP contribution in [0.2, 0.25) is 0 Å². The summed E-state index contributed by atoms with van der Waals surface area (Å²) >= 11 is 0. The highest BCUT2D eigenvalue weighted by atomic mass is 16.1.